The number of alkyl halides is 6. The van der Waals surface area contributed by atoms with Crippen LogP contribution in [-0.2, 0) is 21.8 Å². The van der Waals surface area contributed by atoms with Crippen molar-refractivity contribution < 1.29 is 35.8 Å². The second-order valence-electron chi connectivity index (χ2n) is 7.22. The fraction of sp³-hybridized carbons (Fsp3) is 0.364. The van der Waals surface area contributed by atoms with Crippen molar-refractivity contribution in [3.8, 4) is 0 Å². The number of hydrogen-bond donors (Lipinski definition) is 0. The van der Waals surface area contributed by atoms with E-state index in [1.165, 1.54) is 6.92 Å². The third-order valence-corrected chi connectivity index (χ3v) is 5.00. The average Bonchev–Trinajstić information content (AvgIpc) is 2.67. The molecule has 0 saturated carbocycles. The number of halogens is 6. The van der Waals surface area contributed by atoms with Crippen LogP contribution in [0.1, 0.15) is 41.2 Å². The topological polar surface area (TPSA) is 18.5 Å². The zero-order chi connectivity index (χ0) is 22.1. The second kappa shape index (κ2) is 8.43. The summed E-state index contributed by atoms with van der Waals surface area (Å²) in [5, 5.41) is 0. The van der Waals surface area contributed by atoms with Gasteiger partial charge in [-0.1, -0.05) is 36.9 Å². The largest absolute Gasteiger partial charge is 0.416 e. The van der Waals surface area contributed by atoms with Gasteiger partial charge in [-0.05, 0) is 41.8 Å². The van der Waals surface area contributed by atoms with Gasteiger partial charge in [0.1, 0.15) is 0 Å². The van der Waals surface area contributed by atoms with Crippen LogP contribution in [0.25, 0.3) is 0 Å². The molecule has 0 amide bonds. The third-order valence-electron chi connectivity index (χ3n) is 5.00. The fourth-order valence-electron chi connectivity index (χ4n) is 3.54. The summed E-state index contributed by atoms with van der Waals surface area (Å²) >= 11 is 0. The first-order valence-electron chi connectivity index (χ1n) is 9.22. The van der Waals surface area contributed by atoms with Gasteiger partial charge in [-0.3, -0.25) is 0 Å². The lowest BCUT2D eigenvalue weighted by Crippen LogP contribution is -2.35. The molecule has 8 heteroatoms. The predicted octanol–water partition coefficient (Wildman–Crippen LogP) is 6.54. The lowest BCUT2D eigenvalue weighted by molar-refractivity contribution is -0.143. The first-order valence-corrected chi connectivity index (χ1v) is 9.22. The molecule has 3 atom stereocenters. The van der Waals surface area contributed by atoms with Crippen LogP contribution >= 0.6 is 0 Å². The molecule has 1 fully saturated rings. The van der Waals surface area contributed by atoms with Crippen LogP contribution in [0, 0.1) is 0 Å². The molecule has 0 unspecified atom stereocenters. The van der Waals surface area contributed by atoms with Crippen LogP contribution in [0.15, 0.2) is 60.7 Å². The van der Waals surface area contributed by atoms with Gasteiger partial charge in [0, 0.05) is 5.92 Å². The second-order valence-corrected chi connectivity index (χ2v) is 7.22. The molecule has 1 saturated heterocycles. The maximum Gasteiger partial charge on any atom is 0.416 e. The minimum atomic E-state index is -4.91. The average molecular weight is 430 g/mol. The summed E-state index contributed by atoms with van der Waals surface area (Å²) in [6, 6.07) is 10.7. The van der Waals surface area contributed by atoms with Crippen molar-refractivity contribution in [1.82, 2.24) is 0 Å². The maximum absolute atomic E-state index is 13.2. The molecule has 0 radical (unpaired) electrons. The molecule has 3 rings (SSSR count). The quantitative estimate of drug-likeness (QED) is 0.405. The molecular formula is C22H20F6O2. The molecule has 1 heterocycles. The highest BCUT2D eigenvalue weighted by molar-refractivity contribution is 5.35. The van der Waals surface area contributed by atoms with Crippen molar-refractivity contribution in [3.63, 3.8) is 0 Å². The molecule has 0 N–H and O–H groups in total. The Hall–Kier alpha value is -2.32. The van der Waals surface area contributed by atoms with Gasteiger partial charge in [0.2, 0.25) is 0 Å². The van der Waals surface area contributed by atoms with Crippen LogP contribution in [-0.4, -0.2) is 19.3 Å². The predicted molar refractivity (Wildman–Crippen MR) is 98.9 cm³/mol. The SMILES string of the molecule is C=C1COC[C@@H](O[C@H](C)c2cc(C(F)(F)F)cc(C(F)(F)F)c2)[C@H]1c1ccccc1. The Balaban J connectivity index is 1.92. The number of ether oxygens (including phenoxy) is 2. The molecule has 2 aromatic carbocycles. The van der Waals surface area contributed by atoms with Crippen molar-refractivity contribution in [2.45, 2.75) is 37.4 Å². The minimum absolute atomic E-state index is 0.106. The third kappa shape index (κ3) is 5.05. The summed E-state index contributed by atoms with van der Waals surface area (Å²) < 4.78 is 90.3. The van der Waals surface area contributed by atoms with E-state index in [1.54, 1.807) is 0 Å². The standard InChI is InChI=1S/C22H20F6O2/c1-13-11-29-12-19(20(13)15-6-4-3-5-7-15)30-14(2)16-8-17(21(23,24)25)10-18(9-16)22(26,27)28/h3-10,14,19-20H,1,11-12H2,2H3/t14-,19-,20-/m1/s1. The summed E-state index contributed by atoms with van der Waals surface area (Å²) in [5.41, 5.74) is -1.33. The molecule has 0 spiro atoms. The molecule has 0 aromatic heterocycles. The summed E-state index contributed by atoms with van der Waals surface area (Å²) in [6.45, 7) is 5.87. The van der Waals surface area contributed by atoms with Crippen LogP contribution in [0.3, 0.4) is 0 Å². The summed E-state index contributed by atoms with van der Waals surface area (Å²) in [6.07, 6.45) is -11.5. The molecule has 0 aliphatic carbocycles. The van der Waals surface area contributed by atoms with Gasteiger partial charge in [0.05, 0.1) is 36.5 Å². The van der Waals surface area contributed by atoms with Gasteiger partial charge < -0.3 is 9.47 Å². The van der Waals surface area contributed by atoms with E-state index < -0.39 is 35.7 Å². The van der Waals surface area contributed by atoms with E-state index in [0.29, 0.717) is 18.7 Å². The molecule has 2 aromatic rings. The lowest BCUT2D eigenvalue weighted by Gasteiger charge is -2.35. The molecule has 162 valence electrons. The highest BCUT2D eigenvalue weighted by atomic mass is 19.4. The Labute approximate surface area is 170 Å². The van der Waals surface area contributed by atoms with Crippen molar-refractivity contribution in [1.29, 1.82) is 0 Å². The van der Waals surface area contributed by atoms with Gasteiger partial charge >= 0.3 is 12.4 Å². The first kappa shape index (κ1) is 22.4. The maximum atomic E-state index is 13.2. The zero-order valence-electron chi connectivity index (χ0n) is 16.1. The number of benzene rings is 2. The highest BCUT2D eigenvalue weighted by Crippen LogP contribution is 2.40. The number of hydrogen-bond acceptors (Lipinski definition) is 2. The molecule has 2 nitrogen and oxygen atoms in total. The van der Waals surface area contributed by atoms with Gasteiger partial charge in [-0.25, -0.2) is 0 Å². The summed E-state index contributed by atoms with van der Waals surface area (Å²) in [4.78, 5) is 0. The normalized spacial score (nSPS) is 21.5. The van der Waals surface area contributed by atoms with Crippen molar-refractivity contribution >= 4 is 0 Å². The van der Waals surface area contributed by atoms with Crippen LogP contribution in [0.5, 0.6) is 0 Å². The van der Waals surface area contributed by atoms with E-state index in [1.807, 2.05) is 30.3 Å². The van der Waals surface area contributed by atoms with E-state index >= 15 is 0 Å². The monoisotopic (exact) mass is 430 g/mol. The van der Waals surface area contributed by atoms with Crippen LogP contribution < -0.4 is 0 Å². The molecular weight excluding hydrogens is 410 g/mol. The van der Waals surface area contributed by atoms with Crippen LogP contribution in [0.4, 0.5) is 26.3 Å². The smallest absolute Gasteiger partial charge is 0.374 e. The Morgan fingerprint density at radius 1 is 0.967 bits per heavy atom. The van der Waals surface area contributed by atoms with E-state index in [4.69, 9.17) is 9.47 Å². The molecule has 1 aliphatic heterocycles. The Bertz CT molecular complexity index is 856. The Morgan fingerprint density at radius 3 is 2.07 bits per heavy atom. The molecule has 30 heavy (non-hydrogen) atoms. The summed E-state index contributed by atoms with van der Waals surface area (Å²) in [7, 11) is 0. The lowest BCUT2D eigenvalue weighted by atomic mass is 9.86. The highest BCUT2D eigenvalue weighted by Gasteiger charge is 2.38. The number of rotatable bonds is 4. The van der Waals surface area contributed by atoms with Crippen molar-refractivity contribution in [3.05, 3.63) is 82.9 Å². The van der Waals surface area contributed by atoms with Crippen molar-refractivity contribution in [2.24, 2.45) is 0 Å². The Morgan fingerprint density at radius 2 is 1.53 bits per heavy atom. The van der Waals surface area contributed by atoms with E-state index in [2.05, 4.69) is 6.58 Å². The van der Waals surface area contributed by atoms with Crippen LogP contribution in [0.2, 0.25) is 0 Å². The van der Waals surface area contributed by atoms with Gasteiger partial charge in [-0.2, -0.15) is 26.3 Å². The van der Waals surface area contributed by atoms with Crippen molar-refractivity contribution in [2.75, 3.05) is 13.2 Å². The van der Waals surface area contributed by atoms with Gasteiger partial charge in [0.15, 0.2) is 0 Å². The minimum Gasteiger partial charge on any atom is -0.374 e. The first-order chi connectivity index (χ1) is 14.0. The fourth-order valence-corrected chi connectivity index (χ4v) is 3.54. The van der Waals surface area contributed by atoms with Gasteiger partial charge in [0.25, 0.3) is 0 Å². The van der Waals surface area contributed by atoms with Gasteiger partial charge in [-0.15, -0.1) is 0 Å². The van der Waals surface area contributed by atoms with E-state index in [9.17, 15) is 26.3 Å². The summed E-state index contributed by atoms with van der Waals surface area (Å²) in [5.74, 6) is -0.282. The zero-order valence-corrected chi connectivity index (χ0v) is 16.1. The van der Waals surface area contributed by atoms with E-state index in [-0.39, 0.29) is 24.2 Å². The molecule has 0 bridgehead atoms. The molecule has 1 aliphatic rings. The van der Waals surface area contributed by atoms with E-state index in [0.717, 1.165) is 11.1 Å². The Kier molecular flexibility index (Phi) is 6.29.